The van der Waals surface area contributed by atoms with Crippen molar-refractivity contribution in [1.29, 1.82) is 0 Å². The second kappa shape index (κ2) is 3.32. The predicted octanol–water partition coefficient (Wildman–Crippen LogP) is 0.281. The minimum absolute atomic E-state index is 0.424. The van der Waals surface area contributed by atoms with Crippen LogP contribution in [0, 0.1) is 0 Å². The van der Waals surface area contributed by atoms with Gasteiger partial charge in [0, 0.05) is 18.0 Å². The summed E-state index contributed by atoms with van der Waals surface area (Å²) >= 11 is 0. The van der Waals surface area contributed by atoms with Gasteiger partial charge in [-0.1, -0.05) is 6.07 Å². The van der Waals surface area contributed by atoms with Crippen LogP contribution in [0.15, 0.2) is 30.9 Å². The molecule has 2 aromatic rings. The van der Waals surface area contributed by atoms with Gasteiger partial charge < -0.3 is 5.11 Å². The Hall–Kier alpha value is -1.75. The van der Waals surface area contributed by atoms with Gasteiger partial charge in [-0.15, -0.1) is 0 Å². The molecule has 5 heteroatoms. The third-order valence-electron chi connectivity index (χ3n) is 1.69. The largest absolute Gasteiger partial charge is 0.380 e. The van der Waals surface area contributed by atoms with Gasteiger partial charge in [0.15, 0.2) is 5.82 Å². The number of hydrogen-bond donors (Lipinski definition) is 2. The molecule has 2 rings (SSSR count). The summed E-state index contributed by atoms with van der Waals surface area (Å²) in [5, 5.41) is 16.0. The van der Waals surface area contributed by atoms with Gasteiger partial charge in [-0.3, -0.25) is 10.1 Å². The number of rotatable bonds is 2. The zero-order valence-corrected chi connectivity index (χ0v) is 6.75. The number of H-pyrrole nitrogens is 1. The van der Waals surface area contributed by atoms with Crippen molar-refractivity contribution in [1.82, 2.24) is 20.2 Å². The molecule has 1 atom stereocenters. The number of nitrogens with zero attached hydrogens (tertiary/aromatic N) is 3. The number of aliphatic hydroxyl groups is 1. The van der Waals surface area contributed by atoms with Crippen molar-refractivity contribution in [2.24, 2.45) is 0 Å². The molecule has 2 N–H and O–H groups in total. The number of nitrogens with one attached hydrogen (secondary N) is 1. The first-order valence-corrected chi connectivity index (χ1v) is 3.81. The Balaban J connectivity index is 2.29. The highest BCUT2D eigenvalue weighted by atomic mass is 16.3. The smallest absolute Gasteiger partial charge is 0.157 e. The molecule has 0 aliphatic carbocycles. The van der Waals surface area contributed by atoms with Crippen molar-refractivity contribution in [2.45, 2.75) is 6.10 Å². The molecular weight excluding hydrogens is 168 g/mol. The van der Waals surface area contributed by atoms with E-state index in [-0.39, 0.29) is 0 Å². The van der Waals surface area contributed by atoms with Gasteiger partial charge in [-0.05, 0) is 6.07 Å². The van der Waals surface area contributed by atoms with Crippen LogP contribution in [0.4, 0.5) is 0 Å². The first kappa shape index (κ1) is 7.88. The second-order valence-corrected chi connectivity index (χ2v) is 2.56. The Morgan fingerprint density at radius 2 is 2.38 bits per heavy atom. The molecule has 0 aromatic carbocycles. The highest BCUT2D eigenvalue weighted by molar-refractivity contribution is 5.17. The lowest BCUT2D eigenvalue weighted by Gasteiger charge is -2.05. The molecule has 0 fully saturated rings. The molecule has 2 aromatic heterocycles. The van der Waals surface area contributed by atoms with E-state index in [2.05, 4.69) is 20.2 Å². The molecule has 0 radical (unpaired) electrons. The number of aromatic nitrogens is 4. The summed E-state index contributed by atoms with van der Waals surface area (Å²) in [7, 11) is 0. The molecule has 0 saturated heterocycles. The minimum atomic E-state index is -0.781. The van der Waals surface area contributed by atoms with Crippen LogP contribution < -0.4 is 0 Å². The molecule has 0 aliphatic heterocycles. The van der Waals surface area contributed by atoms with Gasteiger partial charge in [-0.2, -0.15) is 5.10 Å². The van der Waals surface area contributed by atoms with E-state index in [1.165, 1.54) is 6.33 Å². The van der Waals surface area contributed by atoms with E-state index in [0.29, 0.717) is 11.4 Å². The number of aliphatic hydroxyl groups excluding tert-OH is 1. The molecule has 13 heavy (non-hydrogen) atoms. The van der Waals surface area contributed by atoms with E-state index < -0.39 is 6.10 Å². The van der Waals surface area contributed by atoms with E-state index in [4.69, 9.17) is 0 Å². The van der Waals surface area contributed by atoms with Crippen LogP contribution >= 0.6 is 0 Å². The molecule has 0 aliphatic rings. The van der Waals surface area contributed by atoms with Crippen LogP contribution in [-0.4, -0.2) is 25.3 Å². The fourth-order valence-corrected chi connectivity index (χ4v) is 1.04. The van der Waals surface area contributed by atoms with Crippen molar-refractivity contribution in [3.05, 3.63) is 42.2 Å². The maximum absolute atomic E-state index is 9.71. The van der Waals surface area contributed by atoms with Crippen LogP contribution in [-0.2, 0) is 0 Å². The number of pyridine rings is 1. The Labute approximate surface area is 74.5 Å². The lowest BCUT2D eigenvalue weighted by molar-refractivity contribution is 0.210. The first-order valence-electron chi connectivity index (χ1n) is 3.81. The molecule has 66 valence electrons. The number of hydrogen-bond acceptors (Lipinski definition) is 4. The van der Waals surface area contributed by atoms with Gasteiger partial charge in [0.2, 0.25) is 0 Å². The Morgan fingerprint density at radius 3 is 3.00 bits per heavy atom. The molecule has 2 heterocycles. The molecule has 0 spiro atoms. The Kier molecular flexibility index (Phi) is 2.01. The summed E-state index contributed by atoms with van der Waals surface area (Å²) in [6.45, 7) is 0. The maximum atomic E-state index is 9.71. The van der Waals surface area contributed by atoms with Crippen LogP contribution in [0.2, 0.25) is 0 Å². The molecular formula is C8H8N4O. The van der Waals surface area contributed by atoms with E-state index in [9.17, 15) is 5.11 Å². The first-order chi connectivity index (χ1) is 6.38. The average Bonchev–Trinajstić information content (AvgIpc) is 2.71. The highest BCUT2D eigenvalue weighted by Gasteiger charge is 2.12. The predicted molar refractivity (Wildman–Crippen MR) is 44.7 cm³/mol. The van der Waals surface area contributed by atoms with E-state index >= 15 is 0 Å². The molecule has 5 nitrogen and oxygen atoms in total. The van der Waals surface area contributed by atoms with E-state index in [1.54, 1.807) is 24.5 Å². The van der Waals surface area contributed by atoms with Crippen molar-refractivity contribution >= 4 is 0 Å². The van der Waals surface area contributed by atoms with Crippen LogP contribution in [0.5, 0.6) is 0 Å². The van der Waals surface area contributed by atoms with Crippen LogP contribution in [0.3, 0.4) is 0 Å². The second-order valence-electron chi connectivity index (χ2n) is 2.56. The van der Waals surface area contributed by atoms with Crippen molar-refractivity contribution in [2.75, 3.05) is 0 Å². The van der Waals surface area contributed by atoms with Gasteiger partial charge in [0.25, 0.3) is 0 Å². The van der Waals surface area contributed by atoms with Crippen LogP contribution in [0.1, 0.15) is 17.5 Å². The summed E-state index contributed by atoms with van der Waals surface area (Å²) in [6, 6.07) is 3.54. The van der Waals surface area contributed by atoms with Crippen molar-refractivity contribution in [3.8, 4) is 0 Å². The monoisotopic (exact) mass is 176 g/mol. The fourth-order valence-electron chi connectivity index (χ4n) is 1.04. The quantitative estimate of drug-likeness (QED) is 0.689. The molecule has 0 bridgehead atoms. The third-order valence-corrected chi connectivity index (χ3v) is 1.69. The van der Waals surface area contributed by atoms with Gasteiger partial charge in [-0.25, -0.2) is 4.98 Å². The normalized spacial score (nSPS) is 12.7. The third kappa shape index (κ3) is 1.54. The molecule has 0 saturated carbocycles. The molecule has 1 unspecified atom stereocenters. The van der Waals surface area contributed by atoms with Gasteiger partial charge >= 0.3 is 0 Å². The summed E-state index contributed by atoms with van der Waals surface area (Å²) in [6.07, 6.45) is 3.81. The van der Waals surface area contributed by atoms with E-state index in [1.807, 2.05) is 0 Å². The van der Waals surface area contributed by atoms with Gasteiger partial charge in [0.05, 0.1) is 0 Å². The van der Waals surface area contributed by atoms with Gasteiger partial charge in [0.1, 0.15) is 12.4 Å². The maximum Gasteiger partial charge on any atom is 0.157 e. The summed E-state index contributed by atoms with van der Waals surface area (Å²) < 4.78 is 0. The Morgan fingerprint density at radius 1 is 1.46 bits per heavy atom. The minimum Gasteiger partial charge on any atom is -0.380 e. The van der Waals surface area contributed by atoms with Crippen molar-refractivity contribution in [3.63, 3.8) is 0 Å². The number of aromatic amines is 1. The van der Waals surface area contributed by atoms with Crippen molar-refractivity contribution < 1.29 is 5.11 Å². The summed E-state index contributed by atoms with van der Waals surface area (Å²) in [5.41, 5.74) is 0.694. The zero-order valence-electron chi connectivity index (χ0n) is 6.75. The summed E-state index contributed by atoms with van der Waals surface area (Å²) in [5.74, 6) is 0.424. The standard InChI is InChI=1S/C8H8N4O/c13-7(8-10-5-11-12-8)6-2-1-3-9-4-6/h1-5,7,13H,(H,10,11,12). The lowest BCUT2D eigenvalue weighted by Crippen LogP contribution is -2.02. The average molecular weight is 176 g/mol. The topological polar surface area (TPSA) is 74.7 Å². The molecule has 0 amide bonds. The Bertz CT molecular complexity index is 359. The van der Waals surface area contributed by atoms with Crippen LogP contribution in [0.25, 0.3) is 0 Å². The van der Waals surface area contributed by atoms with E-state index in [0.717, 1.165) is 0 Å². The zero-order chi connectivity index (χ0) is 9.10. The fraction of sp³-hybridized carbons (Fsp3) is 0.125. The lowest BCUT2D eigenvalue weighted by atomic mass is 10.1. The SMILES string of the molecule is OC(c1cccnc1)c1ncn[nH]1. The summed E-state index contributed by atoms with van der Waals surface area (Å²) in [4.78, 5) is 7.74. The highest BCUT2D eigenvalue weighted by Crippen LogP contribution is 2.15.